The van der Waals surface area contributed by atoms with Crippen LogP contribution in [-0.2, 0) is 22.7 Å². The number of carbonyl (C=O) groups is 2. The zero-order valence-electron chi connectivity index (χ0n) is 16.9. The summed E-state index contributed by atoms with van der Waals surface area (Å²) in [5, 5.41) is 12.9. The molecule has 1 aliphatic carbocycles. The molecular weight excluding hydrogens is 390 g/mol. The molecule has 2 aliphatic rings. The van der Waals surface area contributed by atoms with Crippen LogP contribution in [-0.4, -0.2) is 40.4 Å². The van der Waals surface area contributed by atoms with Crippen molar-refractivity contribution in [2.24, 2.45) is 11.7 Å². The van der Waals surface area contributed by atoms with Crippen LogP contribution in [0, 0.1) is 5.92 Å². The van der Waals surface area contributed by atoms with Gasteiger partial charge in [0.25, 0.3) is 0 Å². The van der Waals surface area contributed by atoms with E-state index in [9.17, 15) is 14.7 Å². The highest BCUT2D eigenvalue weighted by Gasteiger charge is 2.36. The molecule has 2 amide bonds. The quantitative estimate of drug-likeness (QED) is 0.630. The van der Waals surface area contributed by atoms with Crippen molar-refractivity contribution in [2.75, 3.05) is 6.54 Å². The number of amides is 2. The van der Waals surface area contributed by atoms with Crippen molar-refractivity contribution < 1.29 is 14.7 Å². The van der Waals surface area contributed by atoms with Gasteiger partial charge in [-0.3, -0.25) is 9.59 Å². The monoisotopic (exact) mass is 421 g/mol. The van der Waals surface area contributed by atoms with Crippen LogP contribution in [0.3, 0.4) is 0 Å². The first-order valence-corrected chi connectivity index (χ1v) is 11.1. The molecule has 1 aromatic carbocycles. The molecule has 1 aromatic rings. The van der Waals surface area contributed by atoms with Crippen molar-refractivity contribution in [1.82, 2.24) is 10.2 Å². The Morgan fingerprint density at radius 1 is 1.17 bits per heavy atom. The predicted octanol–water partition coefficient (Wildman–Crippen LogP) is 2.74. The van der Waals surface area contributed by atoms with Crippen molar-refractivity contribution in [1.29, 1.82) is 0 Å². The lowest BCUT2D eigenvalue weighted by Gasteiger charge is -2.29. The fourth-order valence-electron chi connectivity index (χ4n) is 4.61. The van der Waals surface area contributed by atoms with Crippen molar-refractivity contribution in [2.45, 2.75) is 76.6 Å². The molecule has 1 aliphatic heterocycles. The van der Waals surface area contributed by atoms with Gasteiger partial charge in [0, 0.05) is 18.1 Å². The van der Waals surface area contributed by atoms with Gasteiger partial charge in [-0.1, -0.05) is 49.8 Å². The molecule has 160 valence electrons. The zero-order chi connectivity index (χ0) is 20.8. The summed E-state index contributed by atoms with van der Waals surface area (Å²) >= 11 is 6.03. The van der Waals surface area contributed by atoms with Gasteiger partial charge in [-0.15, -0.1) is 0 Å². The van der Waals surface area contributed by atoms with Crippen LogP contribution in [0.15, 0.2) is 18.2 Å². The molecule has 2 atom stereocenters. The number of carbonyl (C=O) groups excluding carboxylic acids is 2. The Labute approximate surface area is 177 Å². The number of benzene rings is 1. The third-order valence-electron chi connectivity index (χ3n) is 6.26. The molecule has 3 rings (SSSR count). The molecule has 4 N–H and O–H groups in total. The van der Waals surface area contributed by atoms with E-state index in [0.717, 1.165) is 30.4 Å². The third-order valence-corrected chi connectivity index (χ3v) is 6.49. The van der Waals surface area contributed by atoms with E-state index >= 15 is 0 Å². The molecule has 29 heavy (non-hydrogen) atoms. The zero-order valence-corrected chi connectivity index (χ0v) is 17.7. The highest BCUT2D eigenvalue weighted by atomic mass is 35.5. The molecule has 1 saturated carbocycles. The van der Waals surface area contributed by atoms with Gasteiger partial charge in [0.15, 0.2) is 0 Å². The molecule has 1 saturated heterocycles. The minimum absolute atomic E-state index is 0.105. The summed E-state index contributed by atoms with van der Waals surface area (Å²) in [5.41, 5.74) is 7.75. The Hall–Kier alpha value is -1.63. The summed E-state index contributed by atoms with van der Waals surface area (Å²) in [4.78, 5) is 27.4. The normalized spacial score (nSPS) is 21.2. The SMILES string of the molecule is N[C@H](CC1CCCCC1)C(=O)N1CCC[C@H]1C(=O)NCc1cc(Cl)ccc1CO. The van der Waals surface area contributed by atoms with E-state index in [1.807, 2.05) is 0 Å². The number of nitrogens with zero attached hydrogens (tertiary/aromatic N) is 1. The summed E-state index contributed by atoms with van der Waals surface area (Å²) in [5.74, 6) is 0.244. The largest absolute Gasteiger partial charge is 0.392 e. The standard InChI is InChI=1S/C22H32ClN3O3/c23-18-9-8-16(14-27)17(12-18)13-25-21(28)20-7-4-10-26(20)22(29)19(24)11-15-5-2-1-3-6-15/h8-9,12,15,19-20,27H,1-7,10-11,13-14,24H2,(H,25,28)/t19-,20+/m1/s1. The van der Waals surface area contributed by atoms with Gasteiger partial charge < -0.3 is 21.1 Å². The van der Waals surface area contributed by atoms with Gasteiger partial charge in [0.2, 0.25) is 11.8 Å². The van der Waals surface area contributed by atoms with Crippen molar-refractivity contribution >= 4 is 23.4 Å². The minimum atomic E-state index is -0.527. The molecule has 0 unspecified atom stereocenters. The van der Waals surface area contributed by atoms with Crippen LogP contribution in [0.1, 0.15) is 62.5 Å². The van der Waals surface area contributed by atoms with Crippen LogP contribution >= 0.6 is 11.6 Å². The van der Waals surface area contributed by atoms with Gasteiger partial charge in [-0.2, -0.15) is 0 Å². The molecule has 6 nitrogen and oxygen atoms in total. The number of halogens is 1. The van der Waals surface area contributed by atoms with Crippen molar-refractivity contribution in [3.8, 4) is 0 Å². The second kappa shape index (κ2) is 10.4. The van der Waals surface area contributed by atoms with Crippen LogP contribution in [0.25, 0.3) is 0 Å². The number of nitrogens with two attached hydrogens (primary N) is 1. The molecule has 7 heteroatoms. The predicted molar refractivity (Wildman–Crippen MR) is 113 cm³/mol. The fraction of sp³-hybridized carbons (Fsp3) is 0.636. The maximum absolute atomic E-state index is 12.9. The topological polar surface area (TPSA) is 95.7 Å². The second-order valence-corrected chi connectivity index (χ2v) is 8.76. The van der Waals surface area contributed by atoms with Crippen LogP contribution in [0.4, 0.5) is 0 Å². The Morgan fingerprint density at radius 2 is 1.93 bits per heavy atom. The number of hydrogen-bond donors (Lipinski definition) is 3. The van der Waals surface area contributed by atoms with Crippen LogP contribution < -0.4 is 11.1 Å². The summed E-state index contributed by atoms with van der Waals surface area (Å²) in [7, 11) is 0. The highest BCUT2D eigenvalue weighted by molar-refractivity contribution is 6.30. The Kier molecular flexibility index (Phi) is 7.92. The average Bonchev–Trinajstić information content (AvgIpc) is 3.22. The van der Waals surface area contributed by atoms with Gasteiger partial charge in [0.1, 0.15) is 6.04 Å². The molecule has 0 radical (unpaired) electrons. The van der Waals surface area contributed by atoms with E-state index < -0.39 is 12.1 Å². The van der Waals surface area contributed by atoms with Gasteiger partial charge in [0.05, 0.1) is 12.6 Å². The van der Waals surface area contributed by atoms with E-state index in [0.29, 0.717) is 30.3 Å². The lowest BCUT2D eigenvalue weighted by Crippen LogP contribution is -2.51. The summed E-state index contributed by atoms with van der Waals surface area (Å²) < 4.78 is 0. The Balaban J connectivity index is 1.57. The van der Waals surface area contributed by atoms with Gasteiger partial charge >= 0.3 is 0 Å². The van der Waals surface area contributed by atoms with Crippen LogP contribution in [0.2, 0.25) is 5.02 Å². The summed E-state index contributed by atoms with van der Waals surface area (Å²) in [6.45, 7) is 0.725. The van der Waals surface area contributed by atoms with Crippen molar-refractivity contribution in [3.05, 3.63) is 34.3 Å². The molecular formula is C22H32ClN3O3. The molecule has 0 aromatic heterocycles. The first-order chi connectivity index (χ1) is 14.0. The number of hydrogen-bond acceptors (Lipinski definition) is 4. The second-order valence-electron chi connectivity index (χ2n) is 8.32. The van der Waals surface area contributed by atoms with Crippen LogP contribution in [0.5, 0.6) is 0 Å². The smallest absolute Gasteiger partial charge is 0.243 e. The van der Waals surface area contributed by atoms with Gasteiger partial charge in [-0.25, -0.2) is 0 Å². The van der Waals surface area contributed by atoms with E-state index in [2.05, 4.69) is 5.32 Å². The third kappa shape index (κ3) is 5.71. The highest BCUT2D eigenvalue weighted by Crippen LogP contribution is 2.28. The maximum atomic E-state index is 12.9. The minimum Gasteiger partial charge on any atom is -0.392 e. The lowest BCUT2D eigenvalue weighted by molar-refractivity contribution is -0.139. The number of aliphatic hydroxyl groups excluding tert-OH is 1. The molecule has 1 heterocycles. The van der Waals surface area contributed by atoms with Gasteiger partial charge in [-0.05, 0) is 48.4 Å². The average molecular weight is 422 g/mol. The number of nitrogens with one attached hydrogen (secondary N) is 1. The van der Waals surface area contributed by atoms with E-state index in [1.165, 1.54) is 19.3 Å². The first kappa shape index (κ1) is 22.1. The van der Waals surface area contributed by atoms with E-state index in [-0.39, 0.29) is 25.0 Å². The number of rotatable bonds is 7. The number of likely N-dealkylation sites (tertiary alicyclic amines) is 1. The lowest BCUT2D eigenvalue weighted by atomic mass is 9.84. The fourth-order valence-corrected chi connectivity index (χ4v) is 4.81. The molecule has 2 fully saturated rings. The maximum Gasteiger partial charge on any atom is 0.243 e. The Bertz CT molecular complexity index is 721. The van der Waals surface area contributed by atoms with E-state index in [4.69, 9.17) is 17.3 Å². The molecule has 0 bridgehead atoms. The summed E-state index contributed by atoms with van der Waals surface area (Å²) in [6, 6.07) is 4.20. The number of aliphatic hydroxyl groups is 1. The van der Waals surface area contributed by atoms with E-state index in [1.54, 1.807) is 23.1 Å². The molecule has 0 spiro atoms. The summed E-state index contributed by atoms with van der Waals surface area (Å²) in [6.07, 6.45) is 8.19. The van der Waals surface area contributed by atoms with Crippen molar-refractivity contribution in [3.63, 3.8) is 0 Å². The first-order valence-electron chi connectivity index (χ1n) is 10.7. The Morgan fingerprint density at radius 3 is 2.66 bits per heavy atom.